The first-order chi connectivity index (χ1) is 5.17. The van der Waals surface area contributed by atoms with Crippen LogP contribution in [0.25, 0.3) is 0 Å². The highest BCUT2D eigenvalue weighted by molar-refractivity contribution is 5.22. The van der Waals surface area contributed by atoms with Crippen molar-refractivity contribution in [3.05, 3.63) is 30.1 Å². The van der Waals surface area contributed by atoms with Crippen LogP contribution >= 0.6 is 0 Å². The van der Waals surface area contributed by atoms with Crippen LogP contribution in [0.1, 0.15) is 5.56 Å². The van der Waals surface area contributed by atoms with Crippen LogP contribution in [0.4, 0.5) is 8.78 Å². The van der Waals surface area contributed by atoms with Gasteiger partial charge in [-0.05, 0) is 12.1 Å². The van der Waals surface area contributed by atoms with Gasteiger partial charge < -0.3 is 0 Å². The van der Waals surface area contributed by atoms with Gasteiger partial charge in [-0.1, -0.05) is 0 Å². The van der Waals surface area contributed by atoms with Gasteiger partial charge in [0.05, 0.1) is 0 Å². The summed E-state index contributed by atoms with van der Waals surface area (Å²) in [6.07, 6.45) is 2.45. The molecule has 0 saturated heterocycles. The maximum absolute atomic E-state index is 12.5. The number of halogens is 2. The SMILES string of the molecule is N#CC(F)(F)c1ccncc1. The van der Waals surface area contributed by atoms with Crippen LogP contribution in [0, 0.1) is 11.3 Å². The number of rotatable bonds is 1. The third-order valence-corrected chi connectivity index (χ3v) is 1.18. The average Bonchev–Trinajstić information content (AvgIpc) is 2.06. The molecule has 0 N–H and O–H groups in total. The van der Waals surface area contributed by atoms with Gasteiger partial charge in [-0.2, -0.15) is 14.0 Å². The van der Waals surface area contributed by atoms with E-state index in [0.717, 1.165) is 18.2 Å². The second kappa shape index (κ2) is 2.62. The number of aromatic nitrogens is 1. The predicted octanol–water partition coefficient (Wildman–Crippen LogP) is 1.70. The van der Waals surface area contributed by atoms with Crippen molar-refractivity contribution in [3.8, 4) is 6.07 Å². The van der Waals surface area contributed by atoms with E-state index < -0.39 is 5.92 Å². The van der Waals surface area contributed by atoms with Gasteiger partial charge in [0.15, 0.2) is 0 Å². The molecule has 1 aromatic heterocycles. The molecule has 0 amide bonds. The van der Waals surface area contributed by atoms with Gasteiger partial charge in [-0.15, -0.1) is 0 Å². The largest absolute Gasteiger partial charge is 0.357 e. The van der Waals surface area contributed by atoms with Gasteiger partial charge in [0, 0.05) is 18.0 Å². The minimum atomic E-state index is -3.40. The Hall–Kier alpha value is -1.50. The maximum Gasteiger partial charge on any atom is 0.357 e. The van der Waals surface area contributed by atoms with Crippen LogP contribution in [-0.4, -0.2) is 4.98 Å². The summed E-state index contributed by atoms with van der Waals surface area (Å²) in [5.74, 6) is -3.40. The first-order valence-electron chi connectivity index (χ1n) is 2.86. The van der Waals surface area contributed by atoms with E-state index in [-0.39, 0.29) is 5.56 Å². The molecule has 0 radical (unpaired) electrons. The van der Waals surface area contributed by atoms with Crippen molar-refractivity contribution in [2.75, 3.05) is 0 Å². The molecule has 11 heavy (non-hydrogen) atoms. The Kier molecular flexibility index (Phi) is 1.81. The quantitative estimate of drug-likeness (QED) is 0.617. The molecule has 1 heterocycles. The number of nitrogens with zero attached hydrogens (tertiary/aromatic N) is 2. The van der Waals surface area contributed by atoms with Gasteiger partial charge in [0.1, 0.15) is 6.07 Å². The normalized spacial score (nSPS) is 10.6. The van der Waals surface area contributed by atoms with E-state index in [2.05, 4.69) is 4.98 Å². The Labute approximate surface area is 62.1 Å². The number of hydrogen-bond donors (Lipinski definition) is 0. The number of pyridine rings is 1. The Morgan fingerprint density at radius 3 is 2.36 bits per heavy atom. The zero-order chi connectivity index (χ0) is 8.32. The standard InChI is InChI=1S/C7H4F2N2/c8-7(9,5-10)6-1-3-11-4-2-6/h1-4H. The second-order valence-electron chi connectivity index (χ2n) is 1.92. The van der Waals surface area contributed by atoms with Gasteiger partial charge >= 0.3 is 5.92 Å². The molecule has 0 saturated carbocycles. The summed E-state index contributed by atoms with van der Waals surface area (Å²) in [4.78, 5) is 3.55. The summed E-state index contributed by atoms with van der Waals surface area (Å²) in [7, 11) is 0. The summed E-state index contributed by atoms with van der Waals surface area (Å²) in [5.41, 5.74) is -0.324. The van der Waals surface area contributed by atoms with E-state index in [1.54, 1.807) is 0 Å². The third-order valence-electron chi connectivity index (χ3n) is 1.18. The lowest BCUT2D eigenvalue weighted by Crippen LogP contribution is -2.09. The Morgan fingerprint density at radius 2 is 1.91 bits per heavy atom. The van der Waals surface area contributed by atoms with Crippen molar-refractivity contribution in [1.29, 1.82) is 5.26 Å². The molecular formula is C7H4F2N2. The van der Waals surface area contributed by atoms with E-state index >= 15 is 0 Å². The lowest BCUT2D eigenvalue weighted by molar-refractivity contribution is 0.0612. The van der Waals surface area contributed by atoms with Crippen LogP contribution < -0.4 is 0 Å². The highest BCUT2D eigenvalue weighted by Gasteiger charge is 2.30. The zero-order valence-corrected chi connectivity index (χ0v) is 5.46. The second-order valence-corrected chi connectivity index (χ2v) is 1.92. The van der Waals surface area contributed by atoms with E-state index in [4.69, 9.17) is 5.26 Å². The molecule has 0 bridgehead atoms. The van der Waals surface area contributed by atoms with Crippen molar-refractivity contribution >= 4 is 0 Å². The molecule has 0 aromatic carbocycles. The summed E-state index contributed by atoms with van der Waals surface area (Å²) in [6, 6.07) is 3.13. The van der Waals surface area contributed by atoms with Gasteiger partial charge in [0.2, 0.25) is 0 Å². The lowest BCUT2D eigenvalue weighted by Gasteiger charge is -2.04. The minimum absolute atomic E-state index is 0.324. The molecule has 1 rings (SSSR count). The molecule has 0 aliphatic heterocycles. The van der Waals surface area contributed by atoms with Crippen LogP contribution in [0.3, 0.4) is 0 Å². The fraction of sp³-hybridized carbons (Fsp3) is 0.143. The van der Waals surface area contributed by atoms with E-state index in [1.807, 2.05) is 0 Å². The zero-order valence-electron chi connectivity index (χ0n) is 5.46. The van der Waals surface area contributed by atoms with Crippen LogP contribution in [0.15, 0.2) is 24.5 Å². The van der Waals surface area contributed by atoms with Crippen molar-refractivity contribution in [1.82, 2.24) is 4.98 Å². The Balaban J connectivity index is 3.05. The van der Waals surface area contributed by atoms with Crippen LogP contribution in [0.5, 0.6) is 0 Å². The Bertz CT molecular complexity index is 276. The molecule has 1 aromatic rings. The maximum atomic E-state index is 12.5. The minimum Gasteiger partial charge on any atom is -0.265 e. The van der Waals surface area contributed by atoms with Gasteiger partial charge in [-0.25, -0.2) is 0 Å². The average molecular weight is 154 g/mol. The topological polar surface area (TPSA) is 36.7 Å². The van der Waals surface area contributed by atoms with Crippen molar-refractivity contribution < 1.29 is 8.78 Å². The van der Waals surface area contributed by atoms with Gasteiger partial charge in [0.25, 0.3) is 0 Å². The number of hydrogen-bond acceptors (Lipinski definition) is 2. The highest BCUT2D eigenvalue weighted by atomic mass is 19.3. The van der Waals surface area contributed by atoms with Crippen LogP contribution in [0.2, 0.25) is 0 Å². The van der Waals surface area contributed by atoms with Crippen molar-refractivity contribution in [3.63, 3.8) is 0 Å². The van der Waals surface area contributed by atoms with E-state index in [9.17, 15) is 8.78 Å². The summed E-state index contributed by atoms with van der Waals surface area (Å²) >= 11 is 0. The molecule has 0 aliphatic rings. The predicted molar refractivity (Wildman–Crippen MR) is 33.7 cm³/mol. The smallest absolute Gasteiger partial charge is 0.265 e. The number of alkyl halides is 2. The molecule has 0 unspecified atom stereocenters. The Morgan fingerprint density at radius 1 is 1.36 bits per heavy atom. The van der Waals surface area contributed by atoms with Crippen LogP contribution in [-0.2, 0) is 5.92 Å². The highest BCUT2D eigenvalue weighted by Crippen LogP contribution is 2.25. The molecule has 0 spiro atoms. The summed E-state index contributed by atoms with van der Waals surface area (Å²) in [6.45, 7) is 0. The molecule has 0 atom stereocenters. The molecule has 0 aliphatic carbocycles. The van der Waals surface area contributed by atoms with Gasteiger partial charge in [-0.3, -0.25) is 4.98 Å². The number of nitriles is 1. The van der Waals surface area contributed by atoms with E-state index in [1.165, 1.54) is 12.4 Å². The molecule has 2 nitrogen and oxygen atoms in total. The fourth-order valence-electron chi connectivity index (χ4n) is 0.626. The first-order valence-corrected chi connectivity index (χ1v) is 2.86. The molecule has 4 heteroatoms. The summed E-state index contributed by atoms with van der Waals surface area (Å²) < 4.78 is 25.0. The van der Waals surface area contributed by atoms with Crippen molar-refractivity contribution in [2.45, 2.75) is 5.92 Å². The monoisotopic (exact) mass is 154 g/mol. The first kappa shape index (κ1) is 7.61. The third kappa shape index (κ3) is 1.49. The summed E-state index contributed by atoms with van der Waals surface area (Å²) in [5, 5.41) is 8.03. The lowest BCUT2D eigenvalue weighted by atomic mass is 10.1. The van der Waals surface area contributed by atoms with E-state index in [0.29, 0.717) is 0 Å². The molecular weight excluding hydrogens is 150 g/mol. The fourth-order valence-corrected chi connectivity index (χ4v) is 0.626. The van der Waals surface area contributed by atoms with Crippen molar-refractivity contribution in [2.24, 2.45) is 0 Å². The molecule has 56 valence electrons. The molecule has 0 fully saturated rings.